The Morgan fingerprint density at radius 3 is 2.62 bits per heavy atom. The number of unbranched alkanes of at least 4 members (excludes halogenated alkanes) is 2. The van der Waals surface area contributed by atoms with Gasteiger partial charge in [-0.1, -0.05) is 32.4 Å². The summed E-state index contributed by atoms with van der Waals surface area (Å²) in [6.45, 7) is 6.05. The lowest BCUT2D eigenvalue weighted by atomic mass is 10.3. The predicted octanol–water partition coefficient (Wildman–Crippen LogP) is 2.04. The summed E-state index contributed by atoms with van der Waals surface area (Å²) in [5, 5.41) is 0. The largest absolute Gasteiger partial charge is 0.465 e. The van der Waals surface area contributed by atoms with E-state index in [1.54, 1.807) is 0 Å². The molecule has 0 spiro atoms. The maximum Gasteiger partial charge on any atom is 0.310 e. The van der Waals surface area contributed by atoms with Crippen molar-refractivity contribution in [1.29, 1.82) is 0 Å². The molecule has 0 aromatic rings. The molecule has 0 saturated heterocycles. The number of rotatable bonds is 9. The van der Waals surface area contributed by atoms with Crippen molar-refractivity contribution in [2.75, 3.05) is 13.2 Å². The van der Waals surface area contributed by atoms with Gasteiger partial charge in [0, 0.05) is 0 Å². The highest BCUT2D eigenvalue weighted by atomic mass is 16.5. The summed E-state index contributed by atoms with van der Waals surface area (Å²) in [6, 6.07) is 0. The van der Waals surface area contributed by atoms with Crippen LogP contribution in [0.15, 0.2) is 12.7 Å². The Bertz CT molecular complexity index is 223. The van der Waals surface area contributed by atoms with Crippen LogP contribution in [0.5, 0.6) is 0 Å². The van der Waals surface area contributed by atoms with Crippen LogP contribution in [0.4, 0.5) is 0 Å². The monoisotopic (exact) mass is 227 g/mol. The molecule has 0 aliphatic heterocycles. The van der Waals surface area contributed by atoms with Crippen molar-refractivity contribution >= 4 is 11.9 Å². The van der Waals surface area contributed by atoms with Crippen LogP contribution in [0, 0.1) is 6.42 Å². The van der Waals surface area contributed by atoms with Crippen LogP contribution in [-0.2, 0) is 19.1 Å². The number of carbonyl (C=O) groups is 2. The van der Waals surface area contributed by atoms with Gasteiger partial charge in [0.15, 0.2) is 0 Å². The van der Waals surface area contributed by atoms with Gasteiger partial charge >= 0.3 is 11.9 Å². The standard InChI is InChI=1S/C12H19O4/c1-3-5-6-10-16-12(14)8-7-11(13)15-9-4-2/h4,8H,2-3,5-7,9-10H2,1H3. The van der Waals surface area contributed by atoms with E-state index >= 15 is 0 Å². The molecule has 0 saturated carbocycles. The van der Waals surface area contributed by atoms with Crippen molar-refractivity contribution in [1.82, 2.24) is 0 Å². The van der Waals surface area contributed by atoms with Crippen molar-refractivity contribution in [2.45, 2.75) is 32.6 Å². The van der Waals surface area contributed by atoms with E-state index in [0.29, 0.717) is 6.61 Å². The summed E-state index contributed by atoms with van der Waals surface area (Å²) in [4.78, 5) is 22.1. The van der Waals surface area contributed by atoms with Crippen LogP contribution in [0.2, 0.25) is 0 Å². The van der Waals surface area contributed by atoms with Gasteiger partial charge in [0.1, 0.15) is 6.61 Å². The Balaban J connectivity index is 3.42. The van der Waals surface area contributed by atoms with Gasteiger partial charge in [0.2, 0.25) is 0 Å². The Morgan fingerprint density at radius 1 is 1.25 bits per heavy atom. The molecule has 0 N–H and O–H groups in total. The molecule has 0 aliphatic rings. The molecule has 0 aliphatic carbocycles. The minimum Gasteiger partial charge on any atom is -0.465 e. The number of hydrogen-bond acceptors (Lipinski definition) is 4. The molecule has 16 heavy (non-hydrogen) atoms. The zero-order valence-electron chi connectivity index (χ0n) is 9.74. The molecule has 0 rings (SSSR count). The average Bonchev–Trinajstić information content (AvgIpc) is 2.29. The molecule has 91 valence electrons. The Hall–Kier alpha value is -1.32. The molecule has 4 heteroatoms. The van der Waals surface area contributed by atoms with Gasteiger partial charge in [0.05, 0.1) is 19.4 Å². The lowest BCUT2D eigenvalue weighted by molar-refractivity contribution is -0.146. The molecule has 0 aromatic heterocycles. The van der Waals surface area contributed by atoms with Crippen LogP contribution in [0.25, 0.3) is 0 Å². The minimum atomic E-state index is -0.466. The van der Waals surface area contributed by atoms with Crippen molar-refractivity contribution in [3.8, 4) is 0 Å². The molecular formula is C12H19O4. The number of carbonyl (C=O) groups excluding carboxylic acids is 2. The molecule has 1 radical (unpaired) electrons. The van der Waals surface area contributed by atoms with E-state index in [4.69, 9.17) is 4.74 Å². The Kier molecular flexibility index (Phi) is 9.36. The molecule has 0 amide bonds. The summed E-state index contributed by atoms with van der Waals surface area (Å²) >= 11 is 0. The Morgan fingerprint density at radius 2 is 2.00 bits per heavy atom. The highest BCUT2D eigenvalue weighted by Gasteiger charge is 2.08. The van der Waals surface area contributed by atoms with E-state index in [0.717, 1.165) is 19.3 Å². The van der Waals surface area contributed by atoms with Crippen molar-refractivity contribution in [2.24, 2.45) is 0 Å². The quantitative estimate of drug-likeness (QED) is 0.343. The third-order valence-electron chi connectivity index (χ3n) is 1.79. The molecule has 0 unspecified atom stereocenters. The maximum atomic E-state index is 11.1. The smallest absolute Gasteiger partial charge is 0.310 e. The number of esters is 2. The lowest BCUT2D eigenvalue weighted by Gasteiger charge is -2.03. The first-order valence-corrected chi connectivity index (χ1v) is 5.47. The normalized spacial score (nSPS) is 9.56. The van der Waals surface area contributed by atoms with E-state index in [1.165, 1.54) is 12.5 Å². The van der Waals surface area contributed by atoms with Crippen LogP contribution >= 0.6 is 0 Å². The second-order valence-electron chi connectivity index (χ2n) is 3.25. The highest BCUT2D eigenvalue weighted by Crippen LogP contribution is 1.98. The summed E-state index contributed by atoms with van der Waals surface area (Å²) in [5.41, 5.74) is 0. The van der Waals surface area contributed by atoms with E-state index in [-0.39, 0.29) is 13.0 Å². The van der Waals surface area contributed by atoms with Crippen molar-refractivity contribution in [3.05, 3.63) is 19.1 Å². The minimum absolute atomic E-state index is 0.0551. The fraction of sp³-hybridized carbons (Fsp3) is 0.583. The molecule has 0 aromatic carbocycles. The van der Waals surface area contributed by atoms with Gasteiger partial charge in [-0.25, -0.2) is 0 Å². The highest BCUT2D eigenvalue weighted by molar-refractivity contribution is 5.85. The van der Waals surface area contributed by atoms with Crippen LogP contribution in [0.3, 0.4) is 0 Å². The maximum absolute atomic E-state index is 11.1. The van der Waals surface area contributed by atoms with Gasteiger partial charge in [-0.15, -0.1) is 0 Å². The van der Waals surface area contributed by atoms with Crippen molar-refractivity contribution < 1.29 is 19.1 Å². The van der Waals surface area contributed by atoms with Gasteiger partial charge < -0.3 is 9.47 Å². The van der Waals surface area contributed by atoms with Gasteiger partial charge in [-0.3, -0.25) is 9.59 Å². The predicted molar refractivity (Wildman–Crippen MR) is 60.6 cm³/mol. The van der Waals surface area contributed by atoms with Crippen LogP contribution in [-0.4, -0.2) is 25.2 Å². The molecule has 0 heterocycles. The van der Waals surface area contributed by atoms with Crippen LogP contribution in [0.1, 0.15) is 32.6 Å². The number of hydrogen-bond donors (Lipinski definition) is 0. The molecule has 0 fully saturated rings. The zero-order valence-corrected chi connectivity index (χ0v) is 9.74. The van der Waals surface area contributed by atoms with Gasteiger partial charge in [0.25, 0.3) is 0 Å². The first kappa shape index (κ1) is 14.7. The average molecular weight is 227 g/mol. The fourth-order valence-corrected chi connectivity index (χ4v) is 0.961. The van der Waals surface area contributed by atoms with E-state index in [1.807, 2.05) is 0 Å². The van der Waals surface area contributed by atoms with Crippen molar-refractivity contribution in [3.63, 3.8) is 0 Å². The summed E-state index contributed by atoms with van der Waals surface area (Å²) in [5.74, 6) is -0.919. The number of ether oxygens (including phenoxy) is 2. The molecule has 0 atom stereocenters. The lowest BCUT2D eigenvalue weighted by Crippen LogP contribution is -2.11. The summed E-state index contributed by atoms with van der Waals surface area (Å²) in [6.07, 6.45) is 5.58. The fourth-order valence-electron chi connectivity index (χ4n) is 0.961. The molecule has 0 bridgehead atoms. The van der Waals surface area contributed by atoms with E-state index in [9.17, 15) is 9.59 Å². The zero-order chi connectivity index (χ0) is 12.2. The van der Waals surface area contributed by atoms with E-state index < -0.39 is 11.9 Å². The SMILES string of the molecule is C=CCOC(=O)C[CH]C(=O)OCCCCC. The van der Waals surface area contributed by atoms with Crippen LogP contribution < -0.4 is 0 Å². The molecule has 4 nitrogen and oxygen atoms in total. The van der Waals surface area contributed by atoms with Gasteiger partial charge in [-0.2, -0.15) is 0 Å². The second kappa shape index (κ2) is 10.2. The third-order valence-corrected chi connectivity index (χ3v) is 1.79. The first-order valence-electron chi connectivity index (χ1n) is 5.47. The summed E-state index contributed by atoms with van der Waals surface area (Å²) in [7, 11) is 0. The Labute approximate surface area is 96.6 Å². The molecular weight excluding hydrogens is 208 g/mol. The third kappa shape index (κ3) is 9.24. The van der Waals surface area contributed by atoms with Gasteiger partial charge in [-0.05, 0) is 6.42 Å². The summed E-state index contributed by atoms with van der Waals surface area (Å²) < 4.78 is 9.57. The topological polar surface area (TPSA) is 52.6 Å². The van der Waals surface area contributed by atoms with E-state index in [2.05, 4.69) is 18.2 Å². The first-order chi connectivity index (χ1) is 7.70. The second-order valence-corrected chi connectivity index (χ2v) is 3.25.